The van der Waals surface area contributed by atoms with Gasteiger partial charge >= 0.3 is 0 Å². The molecule has 2 atom stereocenters. The summed E-state index contributed by atoms with van der Waals surface area (Å²) in [5.41, 5.74) is 1.32. The summed E-state index contributed by atoms with van der Waals surface area (Å²) in [4.78, 5) is 35.8. The van der Waals surface area contributed by atoms with Gasteiger partial charge in [-0.25, -0.2) is 9.97 Å². The average Bonchev–Trinajstić information content (AvgIpc) is 2.87. The van der Waals surface area contributed by atoms with Gasteiger partial charge in [-0.15, -0.1) is 0 Å². The number of carbonyl (C=O) groups excluding carboxylic acids is 2. The zero-order chi connectivity index (χ0) is 22.8. The molecule has 8 heteroatoms. The van der Waals surface area contributed by atoms with Crippen LogP contribution in [0.3, 0.4) is 0 Å². The van der Waals surface area contributed by atoms with Crippen LogP contribution in [0.25, 0.3) is 10.9 Å². The Balaban J connectivity index is 1.23. The molecule has 1 amide bonds. The van der Waals surface area contributed by atoms with Crippen molar-refractivity contribution < 1.29 is 23.8 Å². The Hall–Kier alpha value is -3.68. The fourth-order valence-corrected chi connectivity index (χ4v) is 4.57. The minimum atomic E-state index is -0.249. The number of ketones is 1. The van der Waals surface area contributed by atoms with E-state index >= 15 is 0 Å². The molecule has 5 rings (SSSR count). The highest BCUT2D eigenvalue weighted by Crippen LogP contribution is 2.35. The molecule has 1 aromatic heterocycles. The monoisotopic (exact) mass is 447 g/mol. The molecular weight excluding hydrogens is 422 g/mol. The topological polar surface area (TPSA) is 90.9 Å². The maximum Gasteiger partial charge on any atom is 0.260 e. The molecule has 0 N–H and O–H groups in total. The standard InChI is InChI=1S/C25H25N3O5/c1-31-17-8-9-22-19(11-17)21(29)12-23(33-22)16-5-4-10-28(13-16)24(30)14-32-25-18-6-2-3-7-20(18)26-15-27-25/h2-3,6-9,11,15-16,23H,4-5,10,12-14H2,1H3/t16-,23-/m0/s1. The van der Waals surface area contributed by atoms with E-state index in [4.69, 9.17) is 14.2 Å². The number of hydrogen-bond donors (Lipinski definition) is 0. The van der Waals surface area contributed by atoms with E-state index in [2.05, 4.69) is 9.97 Å². The Morgan fingerprint density at radius 1 is 1.21 bits per heavy atom. The smallest absolute Gasteiger partial charge is 0.260 e. The highest BCUT2D eigenvalue weighted by Gasteiger charge is 2.36. The van der Waals surface area contributed by atoms with Crippen LogP contribution in [0, 0.1) is 5.92 Å². The molecule has 2 aliphatic heterocycles. The van der Waals surface area contributed by atoms with E-state index in [1.54, 1.807) is 30.2 Å². The van der Waals surface area contributed by atoms with Gasteiger partial charge in [0.2, 0.25) is 5.88 Å². The van der Waals surface area contributed by atoms with Gasteiger partial charge in [0.15, 0.2) is 12.4 Å². The van der Waals surface area contributed by atoms with Crippen molar-refractivity contribution >= 4 is 22.6 Å². The number of Topliss-reactive ketones (excluding diaryl/α,β-unsaturated/α-hetero) is 1. The van der Waals surface area contributed by atoms with Gasteiger partial charge in [0, 0.05) is 25.4 Å². The molecule has 170 valence electrons. The van der Waals surface area contributed by atoms with E-state index < -0.39 is 0 Å². The first kappa shape index (κ1) is 21.2. The Bertz CT molecular complexity index is 1190. The number of piperidine rings is 1. The second kappa shape index (κ2) is 9.05. The third kappa shape index (κ3) is 4.33. The molecule has 2 aromatic carbocycles. The lowest BCUT2D eigenvalue weighted by Crippen LogP contribution is -2.47. The molecule has 3 heterocycles. The van der Waals surface area contributed by atoms with Gasteiger partial charge in [-0.3, -0.25) is 9.59 Å². The molecule has 0 bridgehead atoms. The van der Waals surface area contributed by atoms with Crippen molar-refractivity contribution in [2.75, 3.05) is 26.8 Å². The maximum absolute atomic E-state index is 12.9. The molecular formula is C25H25N3O5. The Morgan fingerprint density at radius 2 is 2.09 bits per heavy atom. The summed E-state index contributed by atoms with van der Waals surface area (Å²) in [6.45, 7) is 1.11. The first-order chi connectivity index (χ1) is 16.1. The van der Waals surface area contributed by atoms with Gasteiger partial charge in [-0.05, 0) is 43.2 Å². The molecule has 0 aliphatic carbocycles. The fourth-order valence-electron chi connectivity index (χ4n) is 4.57. The molecule has 0 saturated carbocycles. The molecule has 0 radical (unpaired) electrons. The number of hydrogen-bond acceptors (Lipinski definition) is 7. The normalized spacial score (nSPS) is 20.2. The summed E-state index contributed by atoms with van der Waals surface area (Å²) in [7, 11) is 1.57. The molecule has 1 fully saturated rings. The van der Waals surface area contributed by atoms with Crippen LogP contribution in [0.1, 0.15) is 29.6 Å². The lowest BCUT2D eigenvalue weighted by Gasteiger charge is -2.38. The van der Waals surface area contributed by atoms with E-state index in [-0.39, 0.29) is 30.3 Å². The lowest BCUT2D eigenvalue weighted by molar-refractivity contribution is -0.136. The van der Waals surface area contributed by atoms with Gasteiger partial charge in [-0.1, -0.05) is 12.1 Å². The summed E-state index contributed by atoms with van der Waals surface area (Å²) in [5, 5.41) is 0.772. The largest absolute Gasteiger partial charge is 0.497 e. The van der Waals surface area contributed by atoms with Crippen molar-refractivity contribution in [1.82, 2.24) is 14.9 Å². The summed E-state index contributed by atoms with van der Waals surface area (Å²) in [5.74, 6) is 1.64. The minimum Gasteiger partial charge on any atom is -0.497 e. The van der Waals surface area contributed by atoms with Crippen molar-refractivity contribution in [3.63, 3.8) is 0 Å². The van der Waals surface area contributed by atoms with Crippen LogP contribution < -0.4 is 14.2 Å². The summed E-state index contributed by atoms with van der Waals surface area (Å²) >= 11 is 0. The first-order valence-electron chi connectivity index (χ1n) is 11.1. The molecule has 0 spiro atoms. The van der Waals surface area contributed by atoms with E-state index in [1.165, 1.54) is 6.33 Å². The molecule has 1 saturated heterocycles. The van der Waals surface area contributed by atoms with Crippen molar-refractivity contribution in [1.29, 1.82) is 0 Å². The Kier molecular flexibility index (Phi) is 5.81. The van der Waals surface area contributed by atoms with Crippen molar-refractivity contribution in [2.45, 2.75) is 25.4 Å². The van der Waals surface area contributed by atoms with E-state index in [0.717, 1.165) is 23.7 Å². The summed E-state index contributed by atoms with van der Waals surface area (Å²) < 4.78 is 17.2. The summed E-state index contributed by atoms with van der Waals surface area (Å²) in [6, 6.07) is 12.8. The quantitative estimate of drug-likeness (QED) is 0.593. The number of fused-ring (bicyclic) bond motifs is 2. The van der Waals surface area contributed by atoms with Crippen LogP contribution in [0.2, 0.25) is 0 Å². The van der Waals surface area contributed by atoms with Crippen LogP contribution >= 0.6 is 0 Å². The van der Waals surface area contributed by atoms with Crippen molar-refractivity contribution in [3.8, 4) is 17.4 Å². The van der Waals surface area contributed by atoms with Gasteiger partial charge in [-0.2, -0.15) is 0 Å². The SMILES string of the molecule is COc1ccc2c(c1)C(=O)C[C@@H]([C@H]1CCCN(C(=O)COc3ncnc4ccccc34)C1)O2. The number of likely N-dealkylation sites (tertiary alicyclic amines) is 1. The second-order valence-electron chi connectivity index (χ2n) is 8.37. The fraction of sp³-hybridized carbons (Fsp3) is 0.360. The minimum absolute atomic E-state index is 0.0440. The first-order valence-corrected chi connectivity index (χ1v) is 11.1. The van der Waals surface area contributed by atoms with Crippen molar-refractivity contribution in [2.24, 2.45) is 5.92 Å². The van der Waals surface area contributed by atoms with E-state index in [1.807, 2.05) is 24.3 Å². The number of ether oxygens (including phenoxy) is 3. The average molecular weight is 447 g/mol. The third-order valence-electron chi connectivity index (χ3n) is 6.33. The highest BCUT2D eigenvalue weighted by molar-refractivity contribution is 6.00. The summed E-state index contributed by atoms with van der Waals surface area (Å²) in [6.07, 6.45) is 3.25. The number of aromatic nitrogens is 2. The number of benzene rings is 2. The molecule has 0 unspecified atom stereocenters. The number of methoxy groups -OCH3 is 1. The van der Waals surface area contributed by atoms with E-state index in [0.29, 0.717) is 42.5 Å². The van der Waals surface area contributed by atoms with Crippen LogP contribution in [-0.2, 0) is 4.79 Å². The van der Waals surface area contributed by atoms with Gasteiger partial charge in [0.05, 0.1) is 23.6 Å². The number of amides is 1. The molecule has 8 nitrogen and oxygen atoms in total. The van der Waals surface area contributed by atoms with Crippen LogP contribution in [0.15, 0.2) is 48.8 Å². The molecule has 3 aromatic rings. The maximum atomic E-state index is 12.9. The Labute approximate surface area is 191 Å². The predicted molar refractivity (Wildman–Crippen MR) is 121 cm³/mol. The zero-order valence-corrected chi connectivity index (χ0v) is 18.4. The predicted octanol–water partition coefficient (Wildman–Crippen LogP) is 3.29. The van der Waals surface area contributed by atoms with Crippen LogP contribution in [-0.4, -0.2) is 59.5 Å². The number of nitrogens with zero attached hydrogens (tertiary/aromatic N) is 3. The zero-order valence-electron chi connectivity index (χ0n) is 18.4. The van der Waals surface area contributed by atoms with Crippen LogP contribution in [0.4, 0.5) is 0 Å². The number of para-hydroxylation sites is 1. The highest BCUT2D eigenvalue weighted by atomic mass is 16.5. The second-order valence-corrected chi connectivity index (χ2v) is 8.37. The molecule has 2 aliphatic rings. The van der Waals surface area contributed by atoms with Gasteiger partial charge in [0.25, 0.3) is 5.91 Å². The third-order valence-corrected chi connectivity index (χ3v) is 6.33. The van der Waals surface area contributed by atoms with E-state index in [9.17, 15) is 9.59 Å². The lowest BCUT2D eigenvalue weighted by atomic mass is 9.87. The number of carbonyl (C=O) groups is 2. The number of rotatable bonds is 5. The Morgan fingerprint density at radius 3 is 2.97 bits per heavy atom. The van der Waals surface area contributed by atoms with Crippen LogP contribution in [0.5, 0.6) is 17.4 Å². The van der Waals surface area contributed by atoms with Crippen molar-refractivity contribution in [3.05, 3.63) is 54.4 Å². The van der Waals surface area contributed by atoms with Gasteiger partial charge in [0.1, 0.15) is 23.9 Å². The van der Waals surface area contributed by atoms with Gasteiger partial charge < -0.3 is 19.1 Å². The molecule has 33 heavy (non-hydrogen) atoms.